The topological polar surface area (TPSA) is 51.0 Å². The first-order valence-corrected chi connectivity index (χ1v) is 10.4. The second-order valence-electron chi connectivity index (χ2n) is 6.64. The van der Waals surface area contributed by atoms with E-state index in [4.69, 9.17) is 0 Å². The van der Waals surface area contributed by atoms with Gasteiger partial charge in [-0.2, -0.15) is 0 Å². The molecule has 0 N–H and O–H groups in total. The van der Waals surface area contributed by atoms with E-state index in [1.807, 2.05) is 64.1 Å². The quantitative estimate of drug-likeness (QED) is 0.467. The molecule has 6 heteroatoms. The summed E-state index contributed by atoms with van der Waals surface area (Å²) in [5, 5.41) is 9.41. The predicted octanol–water partition coefficient (Wildman–Crippen LogP) is 4.20. The summed E-state index contributed by atoms with van der Waals surface area (Å²) >= 11 is 1.43. The van der Waals surface area contributed by atoms with Crippen LogP contribution in [0.4, 0.5) is 5.69 Å². The van der Waals surface area contributed by atoms with Crippen LogP contribution >= 0.6 is 11.8 Å². The highest BCUT2D eigenvalue weighted by Gasteiger charge is 2.23. The van der Waals surface area contributed by atoms with E-state index >= 15 is 0 Å². The van der Waals surface area contributed by atoms with Crippen LogP contribution in [0.2, 0.25) is 0 Å². The molecule has 0 saturated heterocycles. The predicted molar refractivity (Wildman–Crippen MR) is 113 cm³/mol. The number of fused-ring (bicyclic) bond motifs is 1. The number of carbonyl (C=O) groups excluding carboxylic acids is 1. The molecule has 3 aromatic rings. The van der Waals surface area contributed by atoms with Crippen molar-refractivity contribution in [3.05, 3.63) is 72.8 Å². The Labute approximate surface area is 169 Å². The fraction of sp³-hybridized carbons (Fsp3) is 0.227. The minimum Gasteiger partial charge on any atom is -0.311 e. The van der Waals surface area contributed by atoms with E-state index in [1.54, 1.807) is 0 Å². The zero-order chi connectivity index (χ0) is 19.3. The minimum absolute atomic E-state index is 0.103. The van der Waals surface area contributed by atoms with Gasteiger partial charge in [-0.3, -0.25) is 9.36 Å². The van der Waals surface area contributed by atoms with Crippen LogP contribution in [0, 0.1) is 0 Å². The SMILES string of the molecule is C=CCn1c(SCC(=O)N2CCCc3ccccc32)nnc1-c1ccccc1. The summed E-state index contributed by atoms with van der Waals surface area (Å²) in [5.74, 6) is 1.23. The highest BCUT2D eigenvalue weighted by atomic mass is 32.2. The Morgan fingerprint density at radius 1 is 1.11 bits per heavy atom. The van der Waals surface area contributed by atoms with Gasteiger partial charge in [-0.15, -0.1) is 16.8 Å². The van der Waals surface area contributed by atoms with Crippen LogP contribution in [-0.2, 0) is 17.8 Å². The average molecular weight is 391 g/mol. The third-order valence-corrected chi connectivity index (χ3v) is 5.75. The number of hydrogen-bond acceptors (Lipinski definition) is 4. The Kier molecular flexibility index (Phi) is 5.58. The van der Waals surface area contributed by atoms with Crippen LogP contribution in [-0.4, -0.2) is 33.0 Å². The summed E-state index contributed by atoms with van der Waals surface area (Å²) in [6.07, 6.45) is 3.85. The van der Waals surface area contributed by atoms with Crippen LogP contribution in [0.25, 0.3) is 11.4 Å². The van der Waals surface area contributed by atoms with Gasteiger partial charge in [0.1, 0.15) is 0 Å². The molecular formula is C22H22N4OS. The van der Waals surface area contributed by atoms with Crippen LogP contribution in [0.15, 0.2) is 72.4 Å². The van der Waals surface area contributed by atoms with Crippen molar-refractivity contribution in [2.45, 2.75) is 24.5 Å². The Bertz CT molecular complexity index is 983. The molecule has 1 aromatic heterocycles. The summed E-state index contributed by atoms with van der Waals surface area (Å²) in [7, 11) is 0. The fourth-order valence-corrected chi connectivity index (χ4v) is 4.31. The Hall–Kier alpha value is -2.86. The number of benzene rings is 2. The van der Waals surface area contributed by atoms with Gasteiger partial charge in [0.05, 0.1) is 5.75 Å². The first-order valence-electron chi connectivity index (χ1n) is 9.38. The van der Waals surface area contributed by atoms with Crippen molar-refractivity contribution in [2.24, 2.45) is 0 Å². The highest BCUT2D eigenvalue weighted by Crippen LogP contribution is 2.29. The van der Waals surface area contributed by atoms with E-state index in [0.29, 0.717) is 12.3 Å². The number of aryl methyl sites for hydroxylation is 1. The first kappa shape index (κ1) is 18.5. The van der Waals surface area contributed by atoms with Crippen molar-refractivity contribution in [1.29, 1.82) is 0 Å². The van der Waals surface area contributed by atoms with Crippen molar-refractivity contribution >= 4 is 23.4 Å². The lowest BCUT2D eigenvalue weighted by Crippen LogP contribution is -2.36. The third kappa shape index (κ3) is 3.73. The molecule has 4 rings (SSSR count). The number of thioether (sulfide) groups is 1. The van der Waals surface area contributed by atoms with Gasteiger partial charge in [0.25, 0.3) is 0 Å². The van der Waals surface area contributed by atoms with Gasteiger partial charge >= 0.3 is 0 Å². The molecule has 0 spiro atoms. The van der Waals surface area contributed by atoms with Crippen LogP contribution in [0.5, 0.6) is 0 Å². The first-order chi connectivity index (χ1) is 13.8. The van der Waals surface area contributed by atoms with Crippen LogP contribution < -0.4 is 4.90 Å². The molecule has 0 fully saturated rings. The molecular weight excluding hydrogens is 368 g/mol. The number of allylic oxidation sites excluding steroid dienone is 1. The van der Waals surface area contributed by atoms with Crippen LogP contribution in [0.3, 0.4) is 0 Å². The van der Waals surface area contributed by atoms with E-state index in [-0.39, 0.29) is 5.91 Å². The Morgan fingerprint density at radius 3 is 2.71 bits per heavy atom. The summed E-state index contributed by atoms with van der Waals surface area (Å²) in [4.78, 5) is 14.8. The molecule has 0 unspecified atom stereocenters. The second kappa shape index (κ2) is 8.44. The number of anilines is 1. The van der Waals surface area contributed by atoms with Gasteiger partial charge in [0.2, 0.25) is 5.91 Å². The summed E-state index contributed by atoms with van der Waals surface area (Å²) in [6.45, 7) is 5.21. The molecule has 0 atom stereocenters. The standard InChI is InChI=1S/C22H22N4OS/c1-2-14-26-21(18-10-4-3-5-11-18)23-24-22(26)28-16-20(27)25-15-8-12-17-9-6-7-13-19(17)25/h2-7,9-11,13H,1,8,12,14-16H2. The summed E-state index contributed by atoms with van der Waals surface area (Å²) in [5.41, 5.74) is 3.28. The largest absolute Gasteiger partial charge is 0.311 e. The lowest BCUT2D eigenvalue weighted by molar-refractivity contribution is -0.116. The molecule has 0 saturated carbocycles. The Balaban J connectivity index is 1.52. The highest BCUT2D eigenvalue weighted by molar-refractivity contribution is 7.99. The molecule has 1 amide bonds. The van der Waals surface area contributed by atoms with Crippen molar-refractivity contribution < 1.29 is 4.79 Å². The normalized spacial score (nSPS) is 13.2. The number of rotatable bonds is 6. The number of aromatic nitrogens is 3. The van der Waals surface area contributed by atoms with Crippen molar-refractivity contribution in [3.63, 3.8) is 0 Å². The summed E-state index contributed by atoms with van der Waals surface area (Å²) < 4.78 is 2.00. The monoisotopic (exact) mass is 390 g/mol. The Morgan fingerprint density at radius 2 is 1.89 bits per heavy atom. The van der Waals surface area contributed by atoms with Gasteiger partial charge in [-0.25, -0.2) is 0 Å². The molecule has 28 heavy (non-hydrogen) atoms. The number of hydrogen-bond donors (Lipinski definition) is 0. The molecule has 2 aromatic carbocycles. The van der Waals surface area contributed by atoms with E-state index in [2.05, 4.69) is 22.8 Å². The molecule has 2 heterocycles. The molecule has 0 radical (unpaired) electrons. The molecule has 1 aliphatic heterocycles. The van der Waals surface area contributed by atoms with Gasteiger partial charge in [-0.1, -0.05) is 66.4 Å². The second-order valence-corrected chi connectivity index (χ2v) is 7.58. The molecule has 5 nitrogen and oxygen atoms in total. The van der Waals surface area contributed by atoms with Crippen molar-refractivity contribution in [2.75, 3.05) is 17.2 Å². The number of carbonyl (C=O) groups is 1. The van der Waals surface area contributed by atoms with Crippen molar-refractivity contribution in [3.8, 4) is 11.4 Å². The van der Waals surface area contributed by atoms with Crippen molar-refractivity contribution in [1.82, 2.24) is 14.8 Å². The van der Waals surface area contributed by atoms with Gasteiger partial charge in [-0.05, 0) is 24.5 Å². The van der Waals surface area contributed by atoms with Gasteiger partial charge < -0.3 is 4.90 Å². The van der Waals surface area contributed by atoms with E-state index in [0.717, 1.165) is 41.6 Å². The average Bonchev–Trinajstić information content (AvgIpc) is 3.15. The van der Waals surface area contributed by atoms with E-state index in [9.17, 15) is 4.79 Å². The lowest BCUT2D eigenvalue weighted by atomic mass is 10.0. The maximum Gasteiger partial charge on any atom is 0.237 e. The fourth-order valence-electron chi connectivity index (χ4n) is 3.49. The molecule has 0 aliphatic carbocycles. The lowest BCUT2D eigenvalue weighted by Gasteiger charge is -2.29. The minimum atomic E-state index is 0.103. The van der Waals surface area contributed by atoms with Gasteiger partial charge in [0, 0.05) is 24.3 Å². The molecule has 0 bridgehead atoms. The smallest absolute Gasteiger partial charge is 0.237 e. The number of nitrogens with zero attached hydrogens (tertiary/aromatic N) is 4. The molecule has 1 aliphatic rings. The van der Waals surface area contributed by atoms with E-state index < -0.39 is 0 Å². The maximum atomic E-state index is 12.9. The van der Waals surface area contributed by atoms with E-state index in [1.165, 1.54) is 17.3 Å². The van der Waals surface area contributed by atoms with Crippen LogP contribution in [0.1, 0.15) is 12.0 Å². The third-order valence-electron chi connectivity index (χ3n) is 4.80. The molecule has 142 valence electrons. The zero-order valence-electron chi connectivity index (χ0n) is 15.6. The van der Waals surface area contributed by atoms with Gasteiger partial charge in [0.15, 0.2) is 11.0 Å². The number of amides is 1. The number of para-hydroxylation sites is 1. The maximum absolute atomic E-state index is 12.9. The summed E-state index contributed by atoms with van der Waals surface area (Å²) in [6, 6.07) is 18.1. The zero-order valence-corrected chi connectivity index (χ0v) is 16.4.